The number of fused-ring (bicyclic) bond motifs is 8. The number of hydrogen-bond donors (Lipinski definition) is 1. The van der Waals surface area contributed by atoms with E-state index in [1.807, 2.05) is 83.6 Å². The second-order valence-electron chi connectivity index (χ2n) is 16.5. The topological polar surface area (TPSA) is 29.3 Å². The first-order valence-electron chi connectivity index (χ1n) is 25.1. The molecule has 1 heterocycles. The summed E-state index contributed by atoms with van der Waals surface area (Å²) in [5, 5.41) is 0. The van der Waals surface area contributed by atoms with Gasteiger partial charge in [0.15, 0.2) is 0 Å². The molecule has 346 valence electrons. The third-order valence-electron chi connectivity index (χ3n) is 12.8. The molecule has 66 heavy (non-hydrogen) atoms. The van der Waals surface area contributed by atoms with Gasteiger partial charge in [-0.15, -0.1) is 11.8 Å². The number of nitrogens with two attached hydrogens (primary N) is 1. The van der Waals surface area contributed by atoms with Crippen LogP contribution in [-0.4, -0.2) is 13.3 Å². The van der Waals surface area contributed by atoms with Crippen molar-refractivity contribution >= 4 is 40.0 Å². The minimum atomic E-state index is -0.230. The van der Waals surface area contributed by atoms with Crippen LogP contribution in [0.25, 0.3) is 11.1 Å². The summed E-state index contributed by atoms with van der Waals surface area (Å²) >= 11 is 1.89. The van der Waals surface area contributed by atoms with Gasteiger partial charge in [-0.25, -0.2) is 0 Å². The number of thioether (sulfide) groups is 1. The first-order chi connectivity index (χ1) is 32.5. The van der Waals surface area contributed by atoms with Crippen LogP contribution in [0.15, 0.2) is 191 Å². The highest BCUT2D eigenvalue weighted by Crippen LogP contribution is 2.63. The van der Waals surface area contributed by atoms with Gasteiger partial charge in [-0.05, 0) is 164 Å². The molecular weight excluding hydrogens is 817 g/mol. The van der Waals surface area contributed by atoms with Crippen molar-refractivity contribution in [2.75, 3.05) is 23.9 Å². The van der Waals surface area contributed by atoms with E-state index in [0.29, 0.717) is 0 Å². The van der Waals surface area contributed by atoms with E-state index in [-0.39, 0.29) is 5.41 Å². The molecule has 0 bridgehead atoms. The number of para-hydroxylation sites is 3. The fourth-order valence-corrected chi connectivity index (χ4v) is 10.7. The summed E-state index contributed by atoms with van der Waals surface area (Å²) < 4.78 is 0. The van der Waals surface area contributed by atoms with Crippen LogP contribution in [0.4, 0.5) is 17.1 Å². The molecule has 0 unspecified atom stereocenters. The van der Waals surface area contributed by atoms with Crippen LogP contribution in [0.2, 0.25) is 0 Å². The van der Waals surface area contributed by atoms with Gasteiger partial charge in [-0.1, -0.05) is 187 Å². The normalized spacial score (nSPS) is 17.2. The van der Waals surface area contributed by atoms with Crippen molar-refractivity contribution < 1.29 is 0 Å². The Morgan fingerprint density at radius 2 is 1.18 bits per heavy atom. The standard InChI is InChI=1S/C33H29N.C12H16S.C6H7N.C6H8.3C2H6/c1-22-18-20-23(21-19-22)24-11-9-15-29-32(24)25-10-3-4-12-26(25)33(29)27-13-5-7-16-30(27)34(2)31-17-8-6-14-28(31)33;1-13-12-9-5-4-8-11(12)10-6-2-3-7-10;7-6-4-2-1-3-5-6;1-2-4-6-5-3-1;3*1-2/h3,5-11,13-18,20H,4,12,19,21H2,1-2H3;6,8-9H,2-5,7H2,1H3;1-5H,7H2;1-4H,5-6H2;3*1-2H3. The lowest BCUT2D eigenvalue weighted by atomic mass is 9.63. The predicted octanol–water partition coefficient (Wildman–Crippen LogP) is 18.6. The molecule has 6 aliphatic carbocycles. The maximum absolute atomic E-state index is 5.36. The van der Waals surface area contributed by atoms with E-state index in [4.69, 9.17) is 5.73 Å². The highest BCUT2D eigenvalue weighted by atomic mass is 32.2. The summed E-state index contributed by atoms with van der Waals surface area (Å²) in [4.78, 5) is 3.88. The van der Waals surface area contributed by atoms with Crippen LogP contribution in [-0.2, 0) is 5.41 Å². The van der Waals surface area contributed by atoms with Crippen LogP contribution >= 0.6 is 11.8 Å². The fourth-order valence-electron chi connectivity index (χ4n) is 9.94. The van der Waals surface area contributed by atoms with E-state index in [1.165, 1.54) is 111 Å². The SMILES string of the molecule is C1=CCCC=C1.CC.CC.CC.CC1=CC=C(c2cccc3c2C2=C(CCC=C2)C32c3ccccc3N(C)c3ccccc32)CC1.CSC1=CCCC=C1C1=CCCC1.Nc1ccccc1. The van der Waals surface area contributed by atoms with Crippen molar-refractivity contribution in [2.24, 2.45) is 0 Å². The highest BCUT2D eigenvalue weighted by Gasteiger charge is 2.52. The van der Waals surface area contributed by atoms with E-state index in [9.17, 15) is 0 Å². The van der Waals surface area contributed by atoms with Crippen molar-refractivity contribution in [3.63, 3.8) is 0 Å². The monoisotopic (exact) mass is 895 g/mol. The molecule has 0 aromatic heterocycles. The number of benzene rings is 4. The maximum atomic E-state index is 5.36. The maximum Gasteiger partial charge on any atom is 0.0717 e. The number of rotatable bonds is 3. The van der Waals surface area contributed by atoms with Crippen molar-refractivity contribution in [3.05, 3.63) is 219 Å². The minimum Gasteiger partial charge on any atom is -0.399 e. The number of nitrogen functional groups attached to an aromatic ring is 1. The molecule has 4 aromatic carbocycles. The van der Waals surface area contributed by atoms with Crippen LogP contribution in [0.5, 0.6) is 0 Å². The molecule has 0 saturated heterocycles. The third-order valence-corrected chi connectivity index (χ3v) is 13.6. The van der Waals surface area contributed by atoms with Crippen LogP contribution in [0.3, 0.4) is 0 Å². The Bertz CT molecular complexity index is 2420. The van der Waals surface area contributed by atoms with Crippen molar-refractivity contribution in [1.29, 1.82) is 0 Å². The van der Waals surface area contributed by atoms with Crippen molar-refractivity contribution in [3.8, 4) is 0 Å². The van der Waals surface area contributed by atoms with Crippen molar-refractivity contribution in [1.82, 2.24) is 0 Å². The Hall–Kier alpha value is -5.51. The molecule has 1 aliphatic heterocycles. The van der Waals surface area contributed by atoms with Gasteiger partial charge >= 0.3 is 0 Å². The highest BCUT2D eigenvalue weighted by molar-refractivity contribution is 8.02. The molecular formula is C63H78N2S. The fraction of sp³-hybridized carbons (Fsp3) is 0.333. The number of hydrogen-bond acceptors (Lipinski definition) is 3. The number of nitrogens with zero attached hydrogens (tertiary/aromatic N) is 1. The zero-order valence-corrected chi connectivity index (χ0v) is 42.6. The Morgan fingerprint density at radius 3 is 1.73 bits per heavy atom. The first-order valence-corrected chi connectivity index (χ1v) is 26.3. The quantitative estimate of drug-likeness (QED) is 0.208. The van der Waals surface area contributed by atoms with E-state index >= 15 is 0 Å². The summed E-state index contributed by atoms with van der Waals surface area (Å²) in [5.41, 5.74) is 24.9. The zero-order valence-electron chi connectivity index (χ0n) is 41.8. The molecule has 7 aliphatic rings. The molecule has 2 N–H and O–H groups in total. The van der Waals surface area contributed by atoms with E-state index in [0.717, 1.165) is 31.4 Å². The van der Waals surface area contributed by atoms with Gasteiger partial charge in [0.25, 0.3) is 0 Å². The van der Waals surface area contributed by atoms with E-state index < -0.39 is 0 Å². The van der Waals surface area contributed by atoms with Gasteiger partial charge in [0.2, 0.25) is 0 Å². The molecule has 0 amide bonds. The van der Waals surface area contributed by atoms with E-state index in [1.54, 1.807) is 11.1 Å². The molecule has 0 fully saturated rings. The lowest BCUT2D eigenvalue weighted by Crippen LogP contribution is -2.37. The van der Waals surface area contributed by atoms with Crippen LogP contribution < -0.4 is 10.6 Å². The lowest BCUT2D eigenvalue weighted by molar-refractivity contribution is 0.684. The van der Waals surface area contributed by atoms with Crippen LogP contribution in [0.1, 0.15) is 147 Å². The Morgan fingerprint density at radius 1 is 0.561 bits per heavy atom. The Balaban J connectivity index is 0.000000208. The van der Waals surface area contributed by atoms with Crippen molar-refractivity contribution in [2.45, 2.75) is 125 Å². The summed E-state index contributed by atoms with van der Waals surface area (Å²) in [6.45, 7) is 14.2. The van der Waals surface area contributed by atoms with Gasteiger partial charge in [0, 0.05) is 29.0 Å². The van der Waals surface area contributed by atoms with Gasteiger partial charge in [-0.3, -0.25) is 0 Å². The molecule has 0 saturated carbocycles. The molecule has 4 aromatic rings. The zero-order chi connectivity index (χ0) is 47.3. The largest absolute Gasteiger partial charge is 0.399 e. The second-order valence-corrected chi connectivity index (χ2v) is 17.4. The Labute approximate surface area is 405 Å². The molecule has 0 atom stereocenters. The summed E-state index contributed by atoms with van der Waals surface area (Å²) in [7, 11) is 2.22. The van der Waals surface area contributed by atoms with Crippen LogP contribution in [0, 0.1) is 0 Å². The smallest absolute Gasteiger partial charge is 0.0717 e. The van der Waals surface area contributed by atoms with Gasteiger partial charge in [-0.2, -0.15) is 0 Å². The predicted molar refractivity (Wildman–Crippen MR) is 297 cm³/mol. The second kappa shape index (κ2) is 26.6. The molecule has 1 spiro atoms. The average Bonchev–Trinajstić information content (AvgIpc) is 4.05. The lowest BCUT2D eigenvalue weighted by Gasteiger charge is -2.45. The Kier molecular flexibility index (Phi) is 20.7. The molecule has 11 rings (SSSR count). The summed E-state index contributed by atoms with van der Waals surface area (Å²) in [6.07, 6.45) is 40.8. The summed E-state index contributed by atoms with van der Waals surface area (Å²) in [6, 6.07) is 34.7. The average molecular weight is 895 g/mol. The minimum absolute atomic E-state index is 0.230. The number of anilines is 3. The molecule has 2 nitrogen and oxygen atoms in total. The molecule has 0 radical (unpaired) electrons. The van der Waals surface area contributed by atoms with E-state index in [2.05, 4.69) is 159 Å². The van der Waals surface area contributed by atoms with Gasteiger partial charge < -0.3 is 10.6 Å². The first kappa shape index (κ1) is 51.5. The third kappa shape index (κ3) is 11.5. The van der Waals surface area contributed by atoms with Gasteiger partial charge in [0.1, 0.15) is 0 Å². The number of allylic oxidation sites excluding steroid dienone is 17. The summed E-state index contributed by atoms with van der Waals surface area (Å²) in [5.74, 6) is 0. The molecule has 3 heteroatoms. The van der Waals surface area contributed by atoms with Gasteiger partial charge in [0.05, 0.1) is 5.41 Å².